The van der Waals surface area contributed by atoms with Gasteiger partial charge in [-0.3, -0.25) is 14.9 Å². The third-order valence-electron chi connectivity index (χ3n) is 3.88. The van der Waals surface area contributed by atoms with E-state index in [1.54, 1.807) is 0 Å². The summed E-state index contributed by atoms with van der Waals surface area (Å²) in [7, 11) is 1.48. The number of nitro groups is 1. The molecule has 0 fully saturated rings. The van der Waals surface area contributed by atoms with E-state index in [1.807, 2.05) is 31.2 Å². The van der Waals surface area contributed by atoms with Crippen LogP contribution in [0.5, 0.6) is 0 Å². The summed E-state index contributed by atoms with van der Waals surface area (Å²) in [6.07, 6.45) is 0. The van der Waals surface area contributed by atoms with Gasteiger partial charge in [-0.1, -0.05) is 12.1 Å². The Kier molecular flexibility index (Phi) is 4.34. The summed E-state index contributed by atoms with van der Waals surface area (Å²) < 4.78 is 0. The molecule has 0 spiro atoms. The molecule has 3 aromatic rings. The molecule has 0 radical (unpaired) electrons. The monoisotopic (exact) mass is 339 g/mol. The van der Waals surface area contributed by atoms with Crippen LogP contribution in [-0.2, 0) is 0 Å². The molecule has 3 N–H and O–H groups in total. The van der Waals surface area contributed by atoms with E-state index in [0.29, 0.717) is 11.5 Å². The van der Waals surface area contributed by atoms with E-state index in [4.69, 9.17) is 0 Å². The number of hydrogen-bond acceptors (Lipinski definition) is 5. The molecule has 1 amide bonds. The van der Waals surface area contributed by atoms with Gasteiger partial charge < -0.3 is 15.6 Å². The molecule has 0 saturated carbocycles. The van der Waals surface area contributed by atoms with Crippen LogP contribution >= 0.6 is 0 Å². The highest BCUT2D eigenvalue weighted by Crippen LogP contribution is 2.26. The number of para-hydroxylation sites is 2. The molecular weight excluding hydrogens is 322 g/mol. The maximum atomic E-state index is 12.1. The van der Waals surface area contributed by atoms with E-state index in [2.05, 4.69) is 20.6 Å². The lowest BCUT2D eigenvalue weighted by Gasteiger charge is -2.16. The Morgan fingerprint density at radius 1 is 1.28 bits per heavy atom. The van der Waals surface area contributed by atoms with Crippen molar-refractivity contribution in [2.24, 2.45) is 0 Å². The standard InChI is InChI=1S/C17H17N5O3/c1-10(16-20-14-5-3-4-6-15(14)21-16)19-13-8-7-11(22(24)25)9-12(13)17(23)18-2/h3-10,19H,1-2H3,(H,18,23)(H,20,21). The van der Waals surface area contributed by atoms with Crippen LogP contribution in [0.3, 0.4) is 0 Å². The maximum absolute atomic E-state index is 12.1. The van der Waals surface area contributed by atoms with Crippen molar-refractivity contribution in [3.8, 4) is 0 Å². The second kappa shape index (κ2) is 6.60. The lowest BCUT2D eigenvalue weighted by atomic mass is 10.1. The predicted octanol–water partition coefficient (Wildman–Crippen LogP) is 3.00. The third kappa shape index (κ3) is 3.27. The Bertz CT molecular complexity index is 917. The number of fused-ring (bicyclic) bond motifs is 1. The maximum Gasteiger partial charge on any atom is 0.270 e. The van der Waals surface area contributed by atoms with Crippen LogP contribution < -0.4 is 10.6 Å². The molecule has 128 valence electrons. The molecule has 1 unspecified atom stereocenters. The lowest BCUT2D eigenvalue weighted by Crippen LogP contribution is -2.20. The Balaban J connectivity index is 1.93. The topological polar surface area (TPSA) is 113 Å². The Morgan fingerprint density at radius 2 is 2.04 bits per heavy atom. The van der Waals surface area contributed by atoms with Crippen molar-refractivity contribution in [1.82, 2.24) is 15.3 Å². The molecule has 1 heterocycles. The van der Waals surface area contributed by atoms with E-state index in [0.717, 1.165) is 11.0 Å². The fourth-order valence-electron chi connectivity index (χ4n) is 2.57. The normalized spacial score (nSPS) is 11.9. The molecule has 0 saturated heterocycles. The van der Waals surface area contributed by atoms with Crippen molar-refractivity contribution in [1.29, 1.82) is 0 Å². The second-order valence-corrected chi connectivity index (χ2v) is 5.57. The Morgan fingerprint density at radius 3 is 2.72 bits per heavy atom. The minimum Gasteiger partial charge on any atom is -0.375 e. The number of amides is 1. The molecule has 1 aromatic heterocycles. The summed E-state index contributed by atoms with van der Waals surface area (Å²) in [6, 6.07) is 11.6. The van der Waals surface area contributed by atoms with Crippen molar-refractivity contribution >= 4 is 28.3 Å². The van der Waals surface area contributed by atoms with Gasteiger partial charge in [-0.15, -0.1) is 0 Å². The molecule has 0 aliphatic heterocycles. The molecule has 25 heavy (non-hydrogen) atoms. The summed E-state index contributed by atoms with van der Waals surface area (Å²) in [4.78, 5) is 30.2. The second-order valence-electron chi connectivity index (χ2n) is 5.57. The number of carbonyl (C=O) groups is 1. The van der Waals surface area contributed by atoms with Gasteiger partial charge in [0.05, 0.1) is 27.6 Å². The van der Waals surface area contributed by atoms with Crippen LogP contribution in [0.2, 0.25) is 0 Å². The first kappa shape index (κ1) is 16.4. The van der Waals surface area contributed by atoms with Gasteiger partial charge in [0.15, 0.2) is 0 Å². The molecule has 0 aliphatic rings. The smallest absolute Gasteiger partial charge is 0.270 e. The highest BCUT2D eigenvalue weighted by molar-refractivity contribution is 6.00. The number of hydrogen-bond donors (Lipinski definition) is 3. The van der Waals surface area contributed by atoms with Crippen molar-refractivity contribution < 1.29 is 9.72 Å². The fraction of sp³-hybridized carbons (Fsp3) is 0.176. The third-order valence-corrected chi connectivity index (χ3v) is 3.88. The molecule has 1 atom stereocenters. The molecular formula is C17H17N5O3. The SMILES string of the molecule is CNC(=O)c1cc([N+](=O)[O-])ccc1NC(C)c1nc2ccccc2[nH]1. The molecule has 0 bridgehead atoms. The van der Waals surface area contributed by atoms with Gasteiger partial charge in [-0.25, -0.2) is 4.98 Å². The predicted molar refractivity (Wildman–Crippen MR) is 94.6 cm³/mol. The number of anilines is 1. The number of nitrogens with one attached hydrogen (secondary N) is 3. The van der Waals surface area contributed by atoms with Gasteiger partial charge in [0, 0.05) is 24.9 Å². The molecule has 3 rings (SSSR count). The number of imidazole rings is 1. The number of non-ortho nitro benzene ring substituents is 1. The van der Waals surface area contributed by atoms with Crippen LogP contribution in [0.15, 0.2) is 42.5 Å². The first-order valence-electron chi connectivity index (χ1n) is 7.71. The Hall–Kier alpha value is -3.42. The average Bonchev–Trinajstić information content (AvgIpc) is 3.05. The van der Waals surface area contributed by atoms with E-state index in [-0.39, 0.29) is 17.3 Å². The minimum atomic E-state index is -0.529. The fourth-order valence-corrected chi connectivity index (χ4v) is 2.57. The van der Waals surface area contributed by atoms with Gasteiger partial charge in [0.2, 0.25) is 0 Å². The van der Waals surface area contributed by atoms with E-state index >= 15 is 0 Å². The highest BCUT2D eigenvalue weighted by Gasteiger charge is 2.18. The summed E-state index contributed by atoms with van der Waals surface area (Å²) in [6.45, 7) is 1.90. The van der Waals surface area contributed by atoms with E-state index in [9.17, 15) is 14.9 Å². The number of nitro benzene ring substituents is 1. The minimum absolute atomic E-state index is 0.138. The van der Waals surface area contributed by atoms with Crippen LogP contribution in [0.4, 0.5) is 11.4 Å². The number of benzene rings is 2. The van der Waals surface area contributed by atoms with Crippen LogP contribution in [0, 0.1) is 10.1 Å². The number of H-pyrrole nitrogens is 1. The lowest BCUT2D eigenvalue weighted by molar-refractivity contribution is -0.384. The van der Waals surface area contributed by atoms with Crippen molar-refractivity contribution in [3.05, 3.63) is 64.0 Å². The van der Waals surface area contributed by atoms with Crippen LogP contribution in [0.25, 0.3) is 11.0 Å². The van der Waals surface area contributed by atoms with Crippen molar-refractivity contribution in [3.63, 3.8) is 0 Å². The zero-order valence-corrected chi connectivity index (χ0v) is 13.7. The van der Waals surface area contributed by atoms with Crippen LogP contribution in [-0.4, -0.2) is 27.8 Å². The largest absolute Gasteiger partial charge is 0.375 e. The number of nitrogens with zero attached hydrogens (tertiary/aromatic N) is 2. The van der Waals surface area contributed by atoms with Gasteiger partial charge in [0.25, 0.3) is 11.6 Å². The zero-order chi connectivity index (χ0) is 18.0. The molecule has 2 aromatic carbocycles. The molecule has 0 aliphatic carbocycles. The van der Waals surface area contributed by atoms with E-state index in [1.165, 1.54) is 25.2 Å². The van der Waals surface area contributed by atoms with Gasteiger partial charge >= 0.3 is 0 Å². The average molecular weight is 339 g/mol. The molecule has 8 nitrogen and oxygen atoms in total. The quantitative estimate of drug-likeness (QED) is 0.488. The summed E-state index contributed by atoms with van der Waals surface area (Å²) in [5.74, 6) is 0.311. The van der Waals surface area contributed by atoms with Gasteiger partial charge in [-0.05, 0) is 25.1 Å². The summed E-state index contributed by atoms with van der Waals surface area (Å²) in [5.41, 5.74) is 2.33. The van der Waals surface area contributed by atoms with Crippen LogP contribution in [0.1, 0.15) is 29.1 Å². The number of aromatic nitrogens is 2. The van der Waals surface area contributed by atoms with Gasteiger partial charge in [-0.2, -0.15) is 0 Å². The van der Waals surface area contributed by atoms with Crippen molar-refractivity contribution in [2.45, 2.75) is 13.0 Å². The van der Waals surface area contributed by atoms with E-state index < -0.39 is 10.8 Å². The van der Waals surface area contributed by atoms with Gasteiger partial charge in [0.1, 0.15) is 5.82 Å². The number of carbonyl (C=O) groups excluding carboxylic acids is 1. The highest BCUT2D eigenvalue weighted by atomic mass is 16.6. The number of aromatic amines is 1. The number of rotatable bonds is 5. The van der Waals surface area contributed by atoms with Crippen molar-refractivity contribution in [2.75, 3.05) is 12.4 Å². The summed E-state index contributed by atoms with van der Waals surface area (Å²) in [5, 5.41) is 16.6. The summed E-state index contributed by atoms with van der Waals surface area (Å²) >= 11 is 0. The zero-order valence-electron chi connectivity index (χ0n) is 13.7. The first-order valence-corrected chi connectivity index (χ1v) is 7.71. The first-order chi connectivity index (χ1) is 12.0. The Labute approximate surface area is 143 Å². The molecule has 8 heteroatoms.